The molecule has 3 nitrogen and oxygen atoms in total. The summed E-state index contributed by atoms with van der Waals surface area (Å²) in [6.07, 6.45) is 10.3. The van der Waals surface area contributed by atoms with Crippen LogP contribution in [-0.2, 0) is 13.0 Å². The minimum atomic E-state index is 0.282. The van der Waals surface area contributed by atoms with E-state index in [1.165, 1.54) is 31.2 Å². The molecule has 3 heteroatoms. The number of rotatable bonds is 4. The van der Waals surface area contributed by atoms with Gasteiger partial charge in [0.1, 0.15) is 0 Å². The predicted molar refractivity (Wildman–Crippen MR) is 66.2 cm³/mol. The molecule has 1 unspecified atom stereocenters. The molecular weight excluding hydrogens is 198 g/mol. The Morgan fingerprint density at radius 2 is 2.19 bits per heavy atom. The average Bonchev–Trinajstić information content (AvgIpc) is 2.88. The molecule has 1 aromatic heterocycles. The van der Waals surface area contributed by atoms with Crippen molar-refractivity contribution in [2.24, 2.45) is 11.1 Å². The van der Waals surface area contributed by atoms with Crippen molar-refractivity contribution in [2.75, 3.05) is 0 Å². The van der Waals surface area contributed by atoms with Crippen LogP contribution in [0.2, 0.25) is 0 Å². The van der Waals surface area contributed by atoms with E-state index in [1.807, 2.05) is 10.9 Å². The minimum absolute atomic E-state index is 0.282. The van der Waals surface area contributed by atoms with Crippen LogP contribution in [0.1, 0.15) is 45.1 Å². The third-order valence-electron chi connectivity index (χ3n) is 4.11. The van der Waals surface area contributed by atoms with Crippen LogP contribution in [0.25, 0.3) is 0 Å². The molecule has 2 rings (SSSR count). The first-order chi connectivity index (χ1) is 7.64. The van der Waals surface area contributed by atoms with Gasteiger partial charge in [-0.15, -0.1) is 0 Å². The lowest BCUT2D eigenvalue weighted by molar-refractivity contribution is 0.260. The van der Waals surface area contributed by atoms with Gasteiger partial charge >= 0.3 is 0 Å². The molecule has 0 aromatic carbocycles. The molecule has 0 spiro atoms. The van der Waals surface area contributed by atoms with Gasteiger partial charge in [-0.3, -0.25) is 4.68 Å². The Labute approximate surface area is 98.0 Å². The van der Waals surface area contributed by atoms with E-state index in [9.17, 15) is 0 Å². The maximum absolute atomic E-state index is 6.36. The lowest BCUT2D eigenvalue weighted by Crippen LogP contribution is -2.39. The molecule has 1 fully saturated rings. The number of nitrogens with zero attached hydrogens (tertiary/aromatic N) is 2. The zero-order chi connectivity index (χ0) is 11.6. The van der Waals surface area contributed by atoms with Crippen molar-refractivity contribution >= 4 is 0 Å². The zero-order valence-corrected chi connectivity index (χ0v) is 10.4. The van der Waals surface area contributed by atoms with Crippen LogP contribution < -0.4 is 5.73 Å². The van der Waals surface area contributed by atoms with Crippen LogP contribution in [-0.4, -0.2) is 15.8 Å². The summed E-state index contributed by atoms with van der Waals surface area (Å²) >= 11 is 0. The SMILES string of the molecule is CCn1cc(CC(N)C2(C)CCCC2)cn1. The van der Waals surface area contributed by atoms with Crippen molar-refractivity contribution in [2.45, 2.75) is 58.5 Å². The maximum Gasteiger partial charge on any atom is 0.0522 e. The molecule has 0 amide bonds. The van der Waals surface area contributed by atoms with Gasteiger partial charge < -0.3 is 5.73 Å². The lowest BCUT2D eigenvalue weighted by atomic mass is 9.79. The van der Waals surface area contributed by atoms with Crippen molar-refractivity contribution in [3.8, 4) is 0 Å². The largest absolute Gasteiger partial charge is 0.327 e. The summed E-state index contributed by atoms with van der Waals surface area (Å²) in [5, 5.41) is 4.30. The highest BCUT2D eigenvalue weighted by Crippen LogP contribution is 2.40. The Kier molecular flexibility index (Phi) is 3.33. The van der Waals surface area contributed by atoms with Crippen LogP contribution >= 0.6 is 0 Å². The van der Waals surface area contributed by atoms with E-state index in [-0.39, 0.29) is 6.04 Å². The quantitative estimate of drug-likeness (QED) is 0.848. The first kappa shape index (κ1) is 11.6. The highest BCUT2D eigenvalue weighted by Gasteiger charge is 2.34. The Bertz CT molecular complexity index is 337. The van der Waals surface area contributed by atoms with Crippen LogP contribution in [0.3, 0.4) is 0 Å². The first-order valence-electron chi connectivity index (χ1n) is 6.41. The van der Waals surface area contributed by atoms with Crippen LogP contribution in [0, 0.1) is 5.41 Å². The van der Waals surface area contributed by atoms with E-state index in [0.717, 1.165) is 13.0 Å². The fourth-order valence-corrected chi connectivity index (χ4v) is 2.74. The summed E-state index contributed by atoms with van der Waals surface area (Å²) in [4.78, 5) is 0. The molecule has 1 aliphatic rings. The summed E-state index contributed by atoms with van der Waals surface area (Å²) < 4.78 is 1.97. The molecule has 2 N–H and O–H groups in total. The Morgan fingerprint density at radius 3 is 2.75 bits per heavy atom. The topological polar surface area (TPSA) is 43.8 Å². The van der Waals surface area contributed by atoms with Crippen LogP contribution in [0.15, 0.2) is 12.4 Å². The maximum atomic E-state index is 6.36. The molecule has 1 heterocycles. The number of hydrogen-bond donors (Lipinski definition) is 1. The Balaban J connectivity index is 1.98. The Morgan fingerprint density at radius 1 is 1.50 bits per heavy atom. The smallest absolute Gasteiger partial charge is 0.0522 e. The average molecular weight is 221 g/mol. The van der Waals surface area contributed by atoms with E-state index >= 15 is 0 Å². The predicted octanol–water partition coefficient (Wildman–Crippen LogP) is 2.35. The standard InChI is InChI=1S/C13H23N3/c1-3-16-10-11(9-15-16)8-12(14)13(2)6-4-5-7-13/h9-10,12H,3-8,14H2,1-2H3. The molecule has 1 atom stereocenters. The fraction of sp³-hybridized carbons (Fsp3) is 0.769. The molecule has 90 valence electrons. The number of aromatic nitrogens is 2. The third-order valence-corrected chi connectivity index (χ3v) is 4.11. The minimum Gasteiger partial charge on any atom is -0.327 e. The molecule has 0 radical (unpaired) electrons. The number of hydrogen-bond acceptors (Lipinski definition) is 2. The molecule has 1 aliphatic carbocycles. The van der Waals surface area contributed by atoms with Gasteiger partial charge in [0, 0.05) is 18.8 Å². The van der Waals surface area contributed by atoms with E-state index in [2.05, 4.69) is 25.1 Å². The van der Waals surface area contributed by atoms with Gasteiger partial charge in [-0.2, -0.15) is 5.10 Å². The van der Waals surface area contributed by atoms with E-state index < -0.39 is 0 Å². The van der Waals surface area contributed by atoms with Crippen molar-refractivity contribution in [1.29, 1.82) is 0 Å². The summed E-state index contributed by atoms with van der Waals surface area (Å²) in [5.41, 5.74) is 7.99. The molecule has 1 aromatic rings. The van der Waals surface area contributed by atoms with Gasteiger partial charge in [0.15, 0.2) is 0 Å². The second kappa shape index (κ2) is 4.58. The highest BCUT2D eigenvalue weighted by atomic mass is 15.3. The number of nitrogens with two attached hydrogens (primary N) is 1. The van der Waals surface area contributed by atoms with Gasteiger partial charge in [-0.1, -0.05) is 19.8 Å². The van der Waals surface area contributed by atoms with Crippen molar-refractivity contribution in [3.63, 3.8) is 0 Å². The normalized spacial score (nSPS) is 21.2. The second-order valence-electron chi connectivity index (χ2n) is 5.38. The monoisotopic (exact) mass is 221 g/mol. The van der Waals surface area contributed by atoms with Gasteiger partial charge in [-0.05, 0) is 37.2 Å². The molecule has 0 bridgehead atoms. The third kappa shape index (κ3) is 2.29. The second-order valence-corrected chi connectivity index (χ2v) is 5.38. The summed E-state index contributed by atoms with van der Waals surface area (Å²) in [7, 11) is 0. The molecule has 0 saturated heterocycles. The van der Waals surface area contributed by atoms with Crippen molar-refractivity contribution in [3.05, 3.63) is 18.0 Å². The van der Waals surface area contributed by atoms with Crippen LogP contribution in [0.5, 0.6) is 0 Å². The number of aryl methyl sites for hydroxylation is 1. The lowest BCUT2D eigenvalue weighted by Gasteiger charge is -2.30. The van der Waals surface area contributed by atoms with Gasteiger partial charge in [0.05, 0.1) is 6.20 Å². The van der Waals surface area contributed by atoms with Crippen molar-refractivity contribution in [1.82, 2.24) is 9.78 Å². The fourth-order valence-electron chi connectivity index (χ4n) is 2.74. The van der Waals surface area contributed by atoms with Gasteiger partial charge in [-0.25, -0.2) is 0 Å². The first-order valence-corrected chi connectivity index (χ1v) is 6.41. The van der Waals surface area contributed by atoms with E-state index in [1.54, 1.807) is 0 Å². The molecule has 1 saturated carbocycles. The Hall–Kier alpha value is -0.830. The van der Waals surface area contributed by atoms with Crippen LogP contribution in [0.4, 0.5) is 0 Å². The molecule has 0 aliphatic heterocycles. The van der Waals surface area contributed by atoms with Crippen molar-refractivity contribution < 1.29 is 0 Å². The summed E-state index contributed by atoms with van der Waals surface area (Å²) in [6, 6.07) is 0.282. The van der Waals surface area contributed by atoms with Gasteiger partial charge in [0.2, 0.25) is 0 Å². The van der Waals surface area contributed by atoms with Gasteiger partial charge in [0.25, 0.3) is 0 Å². The molecule has 16 heavy (non-hydrogen) atoms. The zero-order valence-electron chi connectivity index (χ0n) is 10.4. The van der Waals surface area contributed by atoms with E-state index in [4.69, 9.17) is 5.73 Å². The summed E-state index contributed by atoms with van der Waals surface area (Å²) in [6.45, 7) is 5.39. The highest BCUT2D eigenvalue weighted by molar-refractivity contribution is 5.08. The summed E-state index contributed by atoms with van der Waals surface area (Å²) in [5.74, 6) is 0. The van der Waals surface area contributed by atoms with E-state index in [0.29, 0.717) is 5.41 Å². The molecular formula is C13H23N3.